The maximum absolute atomic E-state index is 11.8. The Kier molecular flexibility index (Phi) is 7.05. The van der Waals surface area contributed by atoms with Crippen LogP contribution in [0.1, 0.15) is 20.8 Å². The third-order valence-electron chi connectivity index (χ3n) is 4.56. The van der Waals surface area contributed by atoms with Gasteiger partial charge in [0.05, 0.1) is 6.61 Å². The summed E-state index contributed by atoms with van der Waals surface area (Å²) in [5.74, 6) is -0.694. The fraction of sp³-hybridized carbons (Fsp3) is 0.824. The maximum Gasteiger partial charge on any atom is 0.407 e. The van der Waals surface area contributed by atoms with E-state index in [1.165, 1.54) is 4.90 Å². The highest BCUT2D eigenvalue weighted by atomic mass is 28.3. The Hall–Kier alpha value is -1.57. The number of nitrogens with zero attached hydrogens (tertiary/aromatic N) is 1. The van der Waals surface area contributed by atoms with E-state index in [1.807, 2.05) is 20.8 Å². The highest BCUT2D eigenvalue weighted by molar-refractivity contribution is 6.76. The zero-order chi connectivity index (χ0) is 19.4. The van der Waals surface area contributed by atoms with Crippen molar-refractivity contribution in [2.24, 2.45) is 17.3 Å². The van der Waals surface area contributed by atoms with Gasteiger partial charge in [0.15, 0.2) is 0 Å². The van der Waals surface area contributed by atoms with Gasteiger partial charge >= 0.3 is 12.2 Å². The van der Waals surface area contributed by atoms with Crippen molar-refractivity contribution in [3.8, 4) is 0 Å². The van der Waals surface area contributed by atoms with E-state index < -0.39 is 32.2 Å². The van der Waals surface area contributed by atoms with Gasteiger partial charge in [0.1, 0.15) is 6.29 Å². The summed E-state index contributed by atoms with van der Waals surface area (Å²) in [5.41, 5.74) is -0.365. The van der Waals surface area contributed by atoms with E-state index in [0.29, 0.717) is 6.61 Å². The summed E-state index contributed by atoms with van der Waals surface area (Å²) in [6, 6.07) is 0.483. The van der Waals surface area contributed by atoms with Crippen LogP contribution in [0.25, 0.3) is 0 Å². The molecule has 1 saturated heterocycles. The lowest BCUT2D eigenvalue weighted by Crippen LogP contribution is -2.45. The van der Waals surface area contributed by atoms with E-state index in [-0.39, 0.29) is 24.4 Å². The summed E-state index contributed by atoms with van der Waals surface area (Å²) in [4.78, 5) is 36.3. The van der Waals surface area contributed by atoms with Crippen molar-refractivity contribution in [1.82, 2.24) is 10.2 Å². The molecule has 0 spiro atoms. The molecule has 8 heteroatoms. The normalized spacial score (nSPS) is 24.1. The van der Waals surface area contributed by atoms with Crippen LogP contribution in [0.5, 0.6) is 0 Å². The number of likely N-dealkylation sites (tertiary alicyclic amines) is 1. The van der Waals surface area contributed by atoms with Gasteiger partial charge < -0.3 is 24.9 Å². The van der Waals surface area contributed by atoms with E-state index in [4.69, 9.17) is 4.74 Å². The minimum atomic E-state index is -1.26. The molecule has 2 amide bonds. The summed E-state index contributed by atoms with van der Waals surface area (Å²) in [6.45, 7) is 13.2. The molecule has 0 bridgehead atoms. The van der Waals surface area contributed by atoms with Gasteiger partial charge in [0.2, 0.25) is 0 Å². The lowest BCUT2D eigenvalue weighted by Gasteiger charge is -2.35. The van der Waals surface area contributed by atoms with E-state index in [9.17, 15) is 19.5 Å². The van der Waals surface area contributed by atoms with Crippen LogP contribution < -0.4 is 5.32 Å². The molecule has 2 N–H and O–H groups in total. The van der Waals surface area contributed by atoms with E-state index in [0.717, 1.165) is 12.3 Å². The van der Waals surface area contributed by atoms with Crippen LogP contribution in [-0.2, 0) is 9.53 Å². The third-order valence-corrected chi connectivity index (χ3v) is 6.26. The zero-order valence-electron chi connectivity index (χ0n) is 16.2. The van der Waals surface area contributed by atoms with Crippen LogP contribution in [0.15, 0.2) is 0 Å². The monoisotopic (exact) mass is 372 g/mol. The minimum Gasteiger partial charge on any atom is -0.465 e. The van der Waals surface area contributed by atoms with Gasteiger partial charge in [-0.15, -0.1) is 0 Å². The number of carboxylic acid groups (broad SMARTS) is 1. The topological polar surface area (TPSA) is 95.9 Å². The molecule has 0 saturated carbocycles. The van der Waals surface area contributed by atoms with E-state index >= 15 is 0 Å². The highest BCUT2D eigenvalue weighted by Crippen LogP contribution is 2.39. The smallest absolute Gasteiger partial charge is 0.407 e. The Labute approximate surface area is 151 Å². The van der Waals surface area contributed by atoms with Crippen molar-refractivity contribution in [2.45, 2.75) is 52.5 Å². The van der Waals surface area contributed by atoms with E-state index in [1.54, 1.807) is 0 Å². The second-order valence-corrected chi connectivity index (χ2v) is 14.7. The first-order valence-electron chi connectivity index (χ1n) is 8.72. The lowest BCUT2D eigenvalue weighted by atomic mass is 9.77. The minimum absolute atomic E-state index is 0.228. The molecular formula is C17H32N2O5Si. The molecule has 1 fully saturated rings. The number of aldehydes is 1. The Bertz CT molecular complexity index is 498. The van der Waals surface area contributed by atoms with Crippen LogP contribution in [-0.4, -0.2) is 62.3 Å². The molecule has 0 aromatic carbocycles. The van der Waals surface area contributed by atoms with Crippen molar-refractivity contribution in [3.63, 3.8) is 0 Å². The number of ether oxygens (including phenoxy) is 1. The molecule has 1 aliphatic rings. The zero-order valence-corrected chi connectivity index (χ0v) is 17.2. The average Bonchev–Trinajstić information content (AvgIpc) is 2.82. The summed E-state index contributed by atoms with van der Waals surface area (Å²) in [6.07, 6.45) is -0.724. The average molecular weight is 373 g/mol. The molecule has 7 nitrogen and oxygen atoms in total. The molecule has 1 heterocycles. The first-order chi connectivity index (χ1) is 11.4. The van der Waals surface area contributed by atoms with Crippen molar-refractivity contribution in [1.29, 1.82) is 0 Å². The Morgan fingerprint density at radius 1 is 1.32 bits per heavy atom. The first-order valence-corrected chi connectivity index (χ1v) is 12.4. The third kappa shape index (κ3) is 6.34. The molecule has 3 unspecified atom stereocenters. The second kappa shape index (κ2) is 8.20. The fourth-order valence-electron chi connectivity index (χ4n) is 3.30. The number of carbonyl (C=O) groups is 3. The van der Waals surface area contributed by atoms with Crippen LogP contribution in [0.2, 0.25) is 25.7 Å². The molecule has 0 aliphatic carbocycles. The molecule has 1 rings (SSSR count). The largest absolute Gasteiger partial charge is 0.465 e. The summed E-state index contributed by atoms with van der Waals surface area (Å²) in [7, 11) is -1.26. The van der Waals surface area contributed by atoms with Gasteiger partial charge in [-0.1, -0.05) is 40.4 Å². The summed E-state index contributed by atoms with van der Waals surface area (Å²) >= 11 is 0. The predicted molar refractivity (Wildman–Crippen MR) is 98.5 cm³/mol. The molecule has 25 heavy (non-hydrogen) atoms. The molecule has 0 aromatic rings. The van der Waals surface area contributed by atoms with Crippen molar-refractivity contribution < 1.29 is 24.2 Å². The fourth-order valence-corrected chi connectivity index (χ4v) is 4.01. The first kappa shape index (κ1) is 21.5. The Morgan fingerprint density at radius 3 is 2.36 bits per heavy atom. The van der Waals surface area contributed by atoms with Gasteiger partial charge in [-0.25, -0.2) is 9.59 Å². The van der Waals surface area contributed by atoms with Crippen molar-refractivity contribution >= 4 is 26.5 Å². The number of amides is 2. The SMILES string of the molecule is CC(C)(C)C1C(C=O)C(CNC(=O)OCC[Si](C)(C)C)CN1C(=O)O. The van der Waals surface area contributed by atoms with E-state index in [2.05, 4.69) is 25.0 Å². The van der Waals surface area contributed by atoms with Gasteiger partial charge in [-0.05, 0) is 11.5 Å². The number of hydrogen-bond acceptors (Lipinski definition) is 4. The van der Waals surface area contributed by atoms with Gasteiger partial charge in [-0.2, -0.15) is 0 Å². The summed E-state index contributed by atoms with van der Waals surface area (Å²) in [5, 5.41) is 12.1. The van der Waals surface area contributed by atoms with Gasteiger partial charge in [-0.3, -0.25) is 0 Å². The number of rotatable bonds is 6. The van der Waals surface area contributed by atoms with Crippen molar-refractivity contribution in [2.75, 3.05) is 19.7 Å². The number of hydrogen-bond donors (Lipinski definition) is 2. The maximum atomic E-state index is 11.8. The van der Waals surface area contributed by atoms with Gasteiger partial charge in [0, 0.05) is 39.0 Å². The standard InChI is InChI=1S/C17H32N2O5Si/c1-17(2,3)14-13(11-20)12(10-19(14)16(22)23)9-18-15(21)24-7-8-25(4,5)6/h11-14H,7-10H2,1-6H3,(H,18,21)(H,22,23). The van der Waals surface area contributed by atoms with Crippen LogP contribution >= 0.6 is 0 Å². The molecule has 3 atom stereocenters. The molecule has 144 valence electrons. The predicted octanol–water partition coefficient (Wildman–Crippen LogP) is 2.89. The molecule has 0 radical (unpaired) electrons. The molecule has 1 aliphatic heterocycles. The number of carbonyl (C=O) groups excluding carboxylic acids is 2. The van der Waals surface area contributed by atoms with Crippen LogP contribution in [0.3, 0.4) is 0 Å². The lowest BCUT2D eigenvalue weighted by molar-refractivity contribution is -0.113. The second-order valence-electron chi connectivity index (χ2n) is 9.05. The Balaban J connectivity index is 2.64. The number of nitrogens with one attached hydrogen (secondary N) is 1. The number of alkyl carbamates (subject to hydrolysis) is 1. The Morgan fingerprint density at radius 2 is 1.92 bits per heavy atom. The van der Waals surface area contributed by atoms with Crippen LogP contribution in [0.4, 0.5) is 9.59 Å². The highest BCUT2D eigenvalue weighted by Gasteiger charge is 2.49. The van der Waals surface area contributed by atoms with Crippen LogP contribution in [0, 0.1) is 17.3 Å². The quantitative estimate of drug-likeness (QED) is 0.552. The van der Waals surface area contributed by atoms with Crippen molar-refractivity contribution in [3.05, 3.63) is 0 Å². The summed E-state index contributed by atoms with van der Waals surface area (Å²) < 4.78 is 5.18. The van der Waals surface area contributed by atoms with Gasteiger partial charge in [0.25, 0.3) is 0 Å². The molecular weight excluding hydrogens is 340 g/mol. The molecule has 0 aromatic heterocycles.